The zero-order valence-electron chi connectivity index (χ0n) is 10.5. The zero-order valence-corrected chi connectivity index (χ0v) is 10.5. The predicted octanol–water partition coefficient (Wildman–Crippen LogP) is -0.720. The molecule has 1 saturated heterocycles. The van der Waals surface area contributed by atoms with Crippen molar-refractivity contribution in [2.45, 2.75) is 26.4 Å². The van der Waals surface area contributed by atoms with Crippen LogP contribution in [0.25, 0.3) is 0 Å². The van der Waals surface area contributed by atoms with E-state index in [0.29, 0.717) is 5.56 Å². The number of hydrogen-bond acceptors (Lipinski definition) is 6. The van der Waals surface area contributed by atoms with E-state index in [0.717, 1.165) is 0 Å². The number of aromatic nitrogens is 2. The maximum absolute atomic E-state index is 11.6. The molecule has 0 bridgehead atoms. The van der Waals surface area contributed by atoms with Crippen molar-refractivity contribution in [3.8, 4) is 0 Å². The largest absolute Gasteiger partial charge is 0.460 e. The number of ether oxygens (including phenoxy) is 3. The molecule has 2 heterocycles. The number of H-pyrrole nitrogens is 1. The summed E-state index contributed by atoms with van der Waals surface area (Å²) in [6.07, 6.45) is 0.0419. The molecule has 104 valence electrons. The van der Waals surface area contributed by atoms with Crippen LogP contribution in [0.15, 0.2) is 15.8 Å². The van der Waals surface area contributed by atoms with E-state index in [4.69, 9.17) is 14.2 Å². The number of carbonyl (C=O) groups excluding carboxylic acids is 1. The third kappa shape index (κ3) is 3.09. The van der Waals surface area contributed by atoms with Gasteiger partial charge >= 0.3 is 11.7 Å². The van der Waals surface area contributed by atoms with E-state index in [2.05, 4.69) is 4.98 Å². The van der Waals surface area contributed by atoms with Crippen molar-refractivity contribution < 1.29 is 19.0 Å². The predicted molar refractivity (Wildman–Crippen MR) is 62.6 cm³/mol. The Balaban J connectivity index is 2.09. The summed E-state index contributed by atoms with van der Waals surface area (Å²) in [6, 6.07) is 0. The number of aromatic amines is 1. The summed E-state index contributed by atoms with van der Waals surface area (Å²) in [5.41, 5.74) is -0.611. The molecule has 1 aromatic heterocycles. The SMILES string of the molecule is CC(=O)OC[C@@H]1OC[C@H](n2cc(C)c(=O)[nH]c2=O)O1. The summed E-state index contributed by atoms with van der Waals surface area (Å²) >= 11 is 0. The van der Waals surface area contributed by atoms with Gasteiger partial charge < -0.3 is 14.2 Å². The van der Waals surface area contributed by atoms with Gasteiger partial charge in [0.15, 0.2) is 12.5 Å². The second-order valence-electron chi connectivity index (χ2n) is 4.13. The lowest BCUT2D eigenvalue weighted by atomic mass is 10.4. The van der Waals surface area contributed by atoms with E-state index < -0.39 is 29.7 Å². The lowest BCUT2D eigenvalue weighted by molar-refractivity contribution is -0.156. The van der Waals surface area contributed by atoms with Gasteiger partial charge in [0.1, 0.15) is 6.61 Å². The maximum Gasteiger partial charge on any atom is 0.330 e. The van der Waals surface area contributed by atoms with Crippen LogP contribution in [-0.2, 0) is 19.0 Å². The molecule has 0 aliphatic carbocycles. The highest BCUT2D eigenvalue weighted by atomic mass is 16.7. The summed E-state index contributed by atoms with van der Waals surface area (Å²) < 4.78 is 16.6. The monoisotopic (exact) mass is 270 g/mol. The molecule has 1 aliphatic heterocycles. The van der Waals surface area contributed by atoms with Crippen LogP contribution in [0, 0.1) is 6.92 Å². The van der Waals surface area contributed by atoms with Crippen LogP contribution in [-0.4, -0.2) is 35.0 Å². The van der Waals surface area contributed by atoms with Crippen molar-refractivity contribution in [2.24, 2.45) is 0 Å². The lowest BCUT2D eigenvalue weighted by Crippen LogP contribution is -2.34. The van der Waals surface area contributed by atoms with E-state index in [9.17, 15) is 14.4 Å². The van der Waals surface area contributed by atoms with Gasteiger partial charge in [0.05, 0.1) is 6.61 Å². The number of hydrogen-bond donors (Lipinski definition) is 1. The molecule has 1 fully saturated rings. The third-order valence-corrected chi connectivity index (χ3v) is 2.61. The van der Waals surface area contributed by atoms with Crippen LogP contribution in [0.3, 0.4) is 0 Å². The van der Waals surface area contributed by atoms with E-state index in [-0.39, 0.29) is 13.2 Å². The number of nitrogens with one attached hydrogen (secondary N) is 1. The Morgan fingerprint density at radius 1 is 1.58 bits per heavy atom. The van der Waals surface area contributed by atoms with Gasteiger partial charge in [-0.25, -0.2) is 4.79 Å². The molecule has 8 heteroatoms. The van der Waals surface area contributed by atoms with Crippen molar-refractivity contribution in [3.05, 3.63) is 32.6 Å². The van der Waals surface area contributed by atoms with Crippen LogP contribution in [0.1, 0.15) is 18.7 Å². The molecular formula is C11H14N2O6. The van der Waals surface area contributed by atoms with Crippen LogP contribution in [0.2, 0.25) is 0 Å². The van der Waals surface area contributed by atoms with Gasteiger partial charge in [-0.1, -0.05) is 0 Å². The minimum atomic E-state index is -0.715. The van der Waals surface area contributed by atoms with E-state index in [1.165, 1.54) is 17.7 Å². The first-order chi connectivity index (χ1) is 8.97. The molecular weight excluding hydrogens is 256 g/mol. The highest BCUT2D eigenvalue weighted by molar-refractivity contribution is 5.65. The number of carbonyl (C=O) groups is 1. The Morgan fingerprint density at radius 2 is 2.32 bits per heavy atom. The summed E-state index contributed by atoms with van der Waals surface area (Å²) in [6.45, 7) is 2.96. The third-order valence-electron chi connectivity index (χ3n) is 2.61. The fourth-order valence-corrected chi connectivity index (χ4v) is 1.66. The average molecular weight is 270 g/mol. The molecule has 0 saturated carbocycles. The van der Waals surface area contributed by atoms with Gasteiger partial charge in [-0.3, -0.25) is 19.1 Å². The molecule has 1 aliphatic rings. The number of esters is 1. The first-order valence-electron chi connectivity index (χ1n) is 5.70. The smallest absolute Gasteiger partial charge is 0.330 e. The quantitative estimate of drug-likeness (QED) is 0.728. The van der Waals surface area contributed by atoms with Crippen molar-refractivity contribution >= 4 is 5.97 Å². The second kappa shape index (κ2) is 5.37. The van der Waals surface area contributed by atoms with Gasteiger partial charge in [0.2, 0.25) is 0 Å². The van der Waals surface area contributed by atoms with Crippen molar-refractivity contribution in [1.29, 1.82) is 0 Å². The molecule has 1 N–H and O–H groups in total. The summed E-state index contributed by atoms with van der Waals surface area (Å²) in [4.78, 5) is 35.7. The molecule has 0 spiro atoms. The Morgan fingerprint density at radius 3 is 3.00 bits per heavy atom. The summed E-state index contributed by atoms with van der Waals surface area (Å²) in [5, 5.41) is 0. The van der Waals surface area contributed by atoms with Crippen LogP contribution in [0.5, 0.6) is 0 Å². The Labute approximate surface area is 107 Å². The average Bonchev–Trinajstić information content (AvgIpc) is 2.80. The summed E-state index contributed by atoms with van der Waals surface area (Å²) in [7, 11) is 0. The highest BCUT2D eigenvalue weighted by Crippen LogP contribution is 2.19. The fraction of sp³-hybridized carbons (Fsp3) is 0.545. The Kier molecular flexibility index (Phi) is 3.82. The molecule has 0 unspecified atom stereocenters. The molecule has 0 aromatic carbocycles. The van der Waals surface area contributed by atoms with Crippen LogP contribution in [0.4, 0.5) is 0 Å². The first-order valence-corrected chi connectivity index (χ1v) is 5.70. The minimum absolute atomic E-state index is 0.0388. The second-order valence-corrected chi connectivity index (χ2v) is 4.13. The zero-order chi connectivity index (χ0) is 14.0. The number of rotatable bonds is 3. The highest BCUT2D eigenvalue weighted by Gasteiger charge is 2.29. The van der Waals surface area contributed by atoms with Crippen LogP contribution >= 0.6 is 0 Å². The first kappa shape index (κ1) is 13.5. The van der Waals surface area contributed by atoms with E-state index in [1.807, 2.05) is 0 Å². The van der Waals surface area contributed by atoms with E-state index >= 15 is 0 Å². The molecule has 1 aromatic rings. The molecule has 0 radical (unpaired) electrons. The molecule has 0 amide bonds. The minimum Gasteiger partial charge on any atom is -0.460 e. The van der Waals surface area contributed by atoms with Crippen molar-refractivity contribution in [2.75, 3.05) is 13.2 Å². The molecule has 2 rings (SSSR count). The molecule has 8 nitrogen and oxygen atoms in total. The van der Waals surface area contributed by atoms with Crippen LogP contribution < -0.4 is 11.2 Å². The topological polar surface area (TPSA) is 99.6 Å². The Bertz CT molecular complexity index is 590. The Hall–Kier alpha value is -1.93. The summed E-state index contributed by atoms with van der Waals surface area (Å²) in [5.74, 6) is -0.437. The van der Waals surface area contributed by atoms with Gasteiger partial charge in [-0.15, -0.1) is 0 Å². The lowest BCUT2D eigenvalue weighted by Gasteiger charge is -2.13. The molecule has 19 heavy (non-hydrogen) atoms. The van der Waals surface area contributed by atoms with E-state index in [1.54, 1.807) is 6.92 Å². The standard InChI is InChI=1S/C11H14N2O6/c1-6-3-13(11(16)12-10(6)15)8-4-18-9(19-8)5-17-7(2)14/h3,8-9H,4-5H2,1-2H3,(H,12,15,16)/t8-,9-/m1/s1. The molecule has 2 atom stereocenters. The van der Waals surface area contributed by atoms with Gasteiger partial charge in [0.25, 0.3) is 5.56 Å². The fourth-order valence-electron chi connectivity index (χ4n) is 1.66. The maximum atomic E-state index is 11.6. The van der Waals surface area contributed by atoms with Gasteiger partial charge in [0, 0.05) is 18.7 Å². The van der Waals surface area contributed by atoms with Crippen molar-refractivity contribution in [3.63, 3.8) is 0 Å². The van der Waals surface area contributed by atoms with Gasteiger partial charge in [-0.05, 0) is 6.92 Å². The van der Waals surface area contributed by atoms with Crippen molar-refractivity contribution in [1.82, 2.24) is 9.55 Å². The number of aryl methyl sites for hydroxylation is 1. The van der Waals surface area contributed by atoms with Gasteiger partial charge in [-0.2, -0.15) is 0 Å². The normalized spacial score (nSPS) is 22.4. The number of nitrogens with zero attached hydrogens (tertiary/aromatic N) is 1.